The third-order valence-electron chi connectivity index (χ3n) is 2.09. The molecule has 0 aromatic rings. The Labute approximate surface area is 70.7 Å². The Balaban J connectivity index is 4.28. The first kappa shape index (κ1) is 10.9. The van der Waals surface area contributed by atoms with Crippen molar-refractivity contribution in [3.63, 3.8) is 0 Å². The molecule has 0 bridgehead atoms. The normalized spacial score (nSPS) is 17.9. The highest BCUT2D eigenvalue weighted by molar-refractivity contribution is 5.79. The number of aliphatic carboxylic acids is 1. The number of carbonyl (C=O) groups is 2. The third kappa shape index (κ3) is 2.50. The lowest BCUT2D eigenvalue weighted by Gasteiger charge is -2.20. The van der Waals surface area contributed by atoms with Crippen LogP contribution >= 0.6 is 0 Å². The summed E-state index contributed by atoms with van der Waals surface area (Å²) < 4.78 is 0. The minimum Gasteiger partial charge on any atom is -0.480 e. The Morgan fingerprint density at radius 2 is 1.75 bits per heavy atom. The summed E-state index contributed by atoms with van der Waals surface area (Å²) >= 11 is 0. The van der Waals surface area contributed by atoms with Crippen molar-refractivity contribution in [2.24, 2.45) is 23.3 Å². The standard InChI is InChI=1S/C7H14N2O3/c1-3(4(2)6(9)10)5(8)7(11)12/h3-5H,8H2,1-2H3,(H2,9,10)(H,11,12)/t3-,4-,5+/m1/s1. The number of carboxylic acid groups (broad SMARTS) is 1. The van der Waals surface area contributed by atoms with Gasteiger partial charge in [-0.3, -0.25) is 9.59 Å². The molecule has 0 spiro atoms. The van der Waals surface area contributed by atoms with E-state index in [-0.39, 0.29) is 0 Å². The molecule has 1 amide bonds. The lowest BCUT2D eigenvalue weighted by Crippen LogP contribution is -2.42. The SMILES string of the molecule is C[C@@H]([C@H](N)C(=O)O)[C@@H](C)C(N)=O. The second-order valence-electron chi connectivity index (χ2n) is 2.91. The number of hydrogen-bond donors (Lipinski definition) is 3. The second kappa shape index (κ2) is 4.06. The first-order valence-corrected chi connectivity index (χ1v) is 3.65. The molecule has 12 heavy (non-hydrogen) atoms. The van der Waals surface area contributed by atoms with Crippen LogP contribution in [0.4, 0.5) is 0 Å². The molecule has 0 rings (SSSR count). The van der Waals surface area contributed by atoms with E-state index in [0.29, 0.717) is 0 Å². The Kier molecular flexibility index (Phi) is 3.69. The Hall–Kier alpha value is -1.10. The lowest BCUT2D eigenvalue weighted by molar-refractivity contribution is -0.140. The molecular weight excluding hydrogens is 160 g/mol. The van der Waals surface area contributed by atoms with E-state index in [9.17, 15) is 9.59 Å². The van der Waals surface area contributed by atoms with Gasteiger partial charge in [-0.25, -0.2) is 0 Å². The maximum Gasteiger partial charge on any atom is 0.320 e. The van der Waals surface area contributed by atoms with Crippen LogP contribution in [0.25, 0.3) is 0 Å². The van der Waals surface area contributed by atoms with Gasteiger partial charge in [0.25, 0.3) is 0 Å². The number of carboxylic acids is 1. The molecule has 5 heteroatoms. The fraction of sp³-hybridized carbons (Fsp3) is 0.714. The highest BCUT2D eigenvalue weighted by atomic mass is 16.4. The number of amides is 1. The minimum atomic E-state index is -1.12. The van der Waals surface area contributed by atoms with Gasteiger partial charge >= 0.3 is 5.97 Å². The first-order chi connectivity index (χ1) is 5.37. The van der Waals surface area contributed by atoms with Crippen molar-refractivity contribution in [2.45, 2.75) is 19.9 Å². The van der Waals surface area contributed by atoms with Crippen LogP contribution in [0, 0.1) is 11.8 Å². The zero-order chi connectivity index (χ0) is 9.89. The summed E-state index contributed by atoms with van der Waals surface area (Å²) in [6.45, 7) is 3.16. The van der Waals surface area contributed by atoms with Crippen LogP contribution in [0.2, 0.25) is 0 Å². The van der Waals surface area contributed by atoms with Crippen molar-refractivity contribution in [2.75, 3.05) is 0 Å². The molecule has 0 aliphatic rings. The molecule has 0 heterocycles. The third-order valence-corrected chi connectivity index (χ3v) is 2.09. The second-order valence-corrected chi connectivity index (χ2v) is 2.91. The molecule has 0 aliphatic heterocycles. The number of primary amides is 1. The van der Waals surface area contributed by atoms with Crippen molar-refractivity contribution < 1.29 is 14.7 Å². The number of rotatable bonds is 4. The van der Waals surface area contributed by atoms with Crippen LogP contribution in [0.1, 0.15) is 13.8 Å². The van der Waals surface area contributed by atoms with Gasteiger partial charge < -0.3 is 16.6 Å². The number of hydrogen-bond acceptors (Lipinski definition) is 3. The quantitative estimate of drug-likeness (QED) is 0.516. The van der Waals surface area contributed by atoms with Crippen molar-refractivity contribution >= 4 is 11.9 Å². The summed E-state index contributed by atoms with van der Waals surface area (Å²) in [6, 6.07) is -1.03. The van der Waals surface area contributed by atoms with Gasteiger partial charge in [0.15, 0.2) is 0 Å². The fourth-order valence-corrected chi connectivity index (χ4v) is 0.795. The Bertz CT molecular complexity index is 173. The Morgan fingerprint density at radius 1 is 1.33 bits per heavy atom. The molecule has 0 radical (unpaired) electrons. The maximum atomic E-state index is 10.6. The predicted octanol–water partition coefficient (Wildman–Crippen LogP) is -0.844. The smallest absolute Gasteiger partial charge is 0.320 e. The van der Waals surface area contributed by atoms with Crippen LogP contribution in [-0.2, 0) is 9.59 Å². The highest BCUT2D eigenvalue weighted by Crippen LogP contribution is 2.13. The van der Waals surface area contributed by atoms with Gasteiger partial charge in [0.05, 0.1) is 0 Å². The lowest BCUT2D eigenvalue weighted by atomic mass is 9.89. The van der Waals surface area contributed by atoms with Gasteiger partial charge in [0.1, 0.15) is 6.04 Å². The van der Waals surface area contributed by atoms with E-state index >= 15 is 0 Å². The Morgan fingerprint density at radius 3 is 2.00 bits per heavy atom. The van der Waals surface area contributed by atoms with Gasteiger partial charge in [0, 0.05) is 5.92 Å². The number of carbonyl (C=O) groups excluding carboxylic acids is 1. The molecule has 5 nitrogen and oxygen atoms in total. The van der Waals surface area contributed by atoms with E-state index in [1.165, 1.54) is 0 Å². The first-order valence-electron chi connectivity index (χ1n) is 3.65. The molecule has 70 valence electrons. The summed E-state index contributed by atoms with van der Waals surface area (Å²) in [7, 11) is 0. The topological polar surface area (TPSA) is 106 Å². The molecule has 0 unspecified atom stereocenters. The maximum absolute atomic E-state index is 10.6. The van der Waals surface area contributed by atoms with Gasteiger partial charge in [-0.2, -0.15) is 0 Å². The van der Waals surface area contributed by atoms with Crippen LogP contribution in [0.3, 0.4) is 0 Å². The van der Waals surface area contributed by atoms with Crippen molar-refractivity contribution in [3.05, 3.63) is 0 Å². The van der Waals surface area contributed by atoms with E-state index in [1.807, 2.05) is 0 Å². The average Bonchev–Trinajstić information content (AvgIpc) is 2.00. The summed E-state index contributed by atoms with van der Waals surface area (Å²) in [6.07, 6.45) is 0. The molecular formula is C7H14N2O3. The van der Waals surface area contributed by atoms with E-state index in [1.54, 1.807) is 13.8 Å². The minimum absolute atomic E-state index is 0.444. The summed E-state index contributed by atoms with van der Waals surface area (Å²) in [5, 5.41) is 8.51. The van der Waals surface area contributed by atoms with E-state index in [0.717, 1.165) is 0 Å². The average molecular weight is 174 g/mol. The number of nitrogens with two attached hydrogens (primary N) is 2. The van der Waals surface area contributed by atoms with Crippen molar-refractivity contribution in [1.29, 1.82) is 0 Å². The van der Waals surface area contributed by atoms with Gasteiger partial charge in [-0.1, -0.05) is 13.8 Å². The predicted molar refractivity (Wildman–Crippen MR) is 43.1 cm³/mol. The van der Waals surface area contributed by atoms with Crippen molar-refractivity contribution in [1.82, 2.24) is 0 Å². The molecule has 0 aliphatic carbocycles. The largest absolute Gasteiger partial charge is 0.480 e. The fourth-order valence-electron chi connectivity index (χ4n) is 0.795. The van der Waals surface area contributed by atoms with Crippen LogP contribution in [-0.4, -0.2) is 23.0 Å². The summed E-state index contributed by atoms with van der Waals surface area (Å²) in [5.74, 6) is -2.61. The molecule has 0 saturated heterocycles. The highest BCUT2D eigenvalue weighted by Gasteiger charge is 2.27. The molecule has 0 aromatic heterocycles. The molecule has 5 N–H and O–H groups in total. The van der Waals surface area contributed by atoms with E-state index in [4.69, 9.17) is 16.6 Å². The van der Waals surface area contributed by atoms with Gasteiger partial charge in [-0.05, 0) is 5.92 Å². The zero-order valence-corrected chi connectivity index (χ0v) is 7.15. The van der Waals surface area contributed by atoms with Gasteiger partial charge in [0.2, 0.25) is 5.91 Å². The van der Waals surface area contributed by atoms with Crippen LogP contribution in [0.15, 0.2) is 0 Å². The zero-order valence-electron chi connectivity index (χ0n) is 7.15. The summed E-state index contributed by atoms with van der Waals surface area (Å²) in [4.78, 5) is 21.0. The van der Waals surface area contributed by atoms with Gasteiger partial charge in [-0.15, -0.1) is 0 Å². The van der Waals surface area contributed by atoms with Crippen molar-refractivity contribution in [3.8, 4) is 0 Å². The van der Waals surface area contributed by atoms with E-state index in [2.05, 4.69) is 0 Å². The monoisotopic (exact) mass is 174 g/mol. The molecule has 0 aromatic carbocycles. The van der Waals surface area contributed by atoms with Crippen LogP contribution < -0.4 is 11.5 Å². The molecule has 0 fully saturated rings. The van der Waals surface area contributed by atoms with Crippen LogP contribution in [0.5, 0.6) is 0 Å². The summed E-state index contributed by atoms with van der Waals surface area (Å²) in [5.41, 5.74) is 10.3. The molecule has 3 atom stereocenters. The molecule has 0 saturated carbocycles. The van der Waals surface area contributed by atoms with E-state index < -0.39 is 29.8 Å².